The van der Waals surface area contributed by atoms with Crippen LogP contribution in [-0.4, -0.2) is 24.5 Å². The van der Waals surface area contributed by atoms with E-state index in [2.05, 4.69) is 16.0 Å². The van der Waals surface area contributed by atoms with Crippen molar-refractivity contribution in [2.75, 3.05) is 17.2 Å². The molecule has 6 nitrogen and oxygen atoms in total. The van der Waals surface area contributed by atoms with Gasteiger partial charge in [0.25, 0.3) is 5.91 Å². The third-order valence-corrected chi connectivity index (χ3v) is 4.72. The zero-order valence-corrected chi connectivity index (χ0v) is 14.5. The van der Waals surface area contributed by atoms with Crippen LogP contribution in [0.5, 0.6) is 0 Å². The van der Waals surface area contributed by atoms with Crippen LogP contribution in [0.1, 0.15) is 34.1 Å². The monoisotopic (exact) mass is 391 g/mol. The number of esters is 1. The first-order valence-electron chi connectivity index (χ1n) is 8.64. The second-order valence-electron chi connectivity index (χ2n) is 6.52. The molecule has 1 amide bonds. The number of fused-ring (bicyclic) bond motifs is 1. The quantitative estimate of drug-likeness (QED) is 0.700. The lowest BCUT2D eigenvalue weighted by Gasteiger charge is -2.19. The van der Waals surface area contributed by atoms with E-state index in [1.54, 1.807) is 18.2 Å². The molecule has 9 heteroatoms. The Morgan fingerprint density at radius 1 is 1.11 bits per heavy atom. The fourth-order valence-corrected chi connectivity index (χ4v) is 3.38. The molecule has 2 aliphatic rings. The number of rotatable bonds is 3. The third kappa shape index (κ3) is 3.23. The molecule has 0 radical (unpaired) electrons. The Bertz CT molecular complexity index is 946. The highest BCUT2D eigenvalue weighted by atomic mass is 19.4. The molecule has 2 aliphatic heterocycles. The van der Waals surface area contributed by atoms with Gasteiger partial charge in [-0.3, -0.25) is 4.79 Å². The summed E-state index contributed by atoms with van der Waals surface area (Å²) in [6.07, 6.45) is -4.97. The molecule has 146 valence electrons. The Morgan fingerprint density at radius 2 is 1.89 bits per heavy atom. The largest absolute Gasteiger partial charge is 0.464 e. The van der Waals surface area contributed by atoms with Gasteiger partial charge in [0.2, 0.25) is 0 Å². The van der Waals surface area contributed by atoms with Crippen molar-refractivity contribution in [3.8, 4) is 0 Å². The van der Waals surface area contributed by atoms with Crippen LogP contribution in [0.3, 0.4) is 0 Å². The van der Waals surface area contributed by atoms with Gasteiger partial charge in [-0.2, -0.15) is 13.2 Å². The third-order valence-electron chi connectivity index (χ3n) is 4.72. The van der Waals surface area contributed by atoms with Gasteiger partial charge in [-0.25, -0.2) is 4.79 Å². The molecule has 0 bridgehead atoms. The molecular formula is C19H16F3N3O3. The van der Waals surface area contributed by atoms with Crippen LogP contribution in [0, 0.1) is 0 Å². The number of hydrogen-bond acceptors (Lipinski definition) is 5. The van der Waals surface area contributed by atoms with Crippen LogP contribution in [0.4, 0.5) is 24.5 Å². The number of ether oxygens (including phenoxy) is 1. The van der Waals surface area contributed by atoms with Gasteiger partial charge in [0.15, 0.2) is 0 Å². The van der Waals surface area contributed by atoms with Crippen molar-refractivity contribution in [1.29, 1.82) is 0 Å². The number of alkyl halides is 3. The molecule has 2 aromatic carbocycles. The summed E-state index contributed by atoms with van der Waals surface area (Å²) in [6, 6.07) is 9.35. The molecule has 2 aromatic rings. The number of halogens is 3. The molecule has 28 heavy (non-hydrogen) atoms. The predicted molar refractivity (Wildman–Crippen MR) is 94.7 cm³/mol. The predicted octanol–water partition coefficient (Wildman–Crippen LogP) is 3.29. The Balaban J connectivity index is 1.61. The van der Waals surface area contributed by atoms with E-state index in [1.165, 1.54) is 18.2 Å². The van der Waals surface area contributed by atoms with Crippen molar-refractivity contribution < 1.29 is 27.5 Å². The highest BCUT2D eigenvalue weighted by Crippen LogP contribution is 2.41. The molecule has 2 unspecified atom stereocenters. The van der Waals surface area contributed by atoms with Crippen molar-refractivity contribution in [2.24, 2.45) is 0 Å². The Morgan fingerprint density at radius 3 is 2.61 bits per heavy atom. The minimum Gasteiger partial charge on any atom is -0.464 e. The number of carbonyl (C=O) groups is 2. The fourth-order valence-electron chi connectivity index (χ4n) is 3.38. The number of amides is 1. The number of para-hydroxylation sites is 1. The maximum absolute atomic E-state index is 13.3. The van der Waals surface area contributed by atoms with Crippen LogP contribution in [-0.2, 0) is 15.7 Å². The van der Waals surface area contributed by atoms with E-state index >= 15 is 0 Å². The highest BCUT2D eigenvalue weighted by Gasteiger charge is 2.37. The summed E-state index contributed by atoms with van der Waals surface area (Å²) in [5.74, 6) is -0.997. The summed E-state index contributed by atoms with van der Waals surface area (Å²) in [7, 11) is 0. The number of benzene rings is 2. The molecule has 0 spiro atoms. The van der Waals surface area contributed by atoms with E-state index in [0.29, 0.717) is 17.8 Å². The zero-order chi connectivity index (χ0) is 19.9. The van der Waals surface area contributed by atoms with Crippen LogP contribution in [0.15, 0.2) is 42.5 Å². The van der Waals surface area contributed by atoms with E-state index in [4.69, 9.17) is 4.74 Å². The second kappa shape index (κ2) is 6.74. The summed E-state index contributed by atoms with van der Waals surface area (Å²) in [4.78, 5) is 24.2. The van der Waals surface area contributed by atoms with E-state index in [0.717, 1.165) is 6.07 Å². The van der Waals surface area contributed by atoms with Crippen molar-refractivity contribution in [3.05, 3.63) is 59.2 Å². The van der Waals surface area contributed by atoms with Crippen LogP contribution < -0.4 is 16.0 Å². The van der Waals surface area contributed by atoms with Crippen LogP contribution >= 0.6 is 0 Å². The SMILES string of the molecule is O=C(NC1CCOC1=O)c1cccc2c1NC(c1ccccc1C(F)(F)F)N2. The van der Waals surface area contributed by atoms with E-state index in [9.17, 15) is 22.8 Å². The lowest BCUT2D eigenvalue weighted by molar-refractivity contribution is -0.139. The highest BCUT2D eigenvalue weighted by molar-refractivity contribution is 6.05. The second-order valence-corrected chi connectivity index (χ2v) is 6.52. The first-order valence-corrected chi connectivity index (χ1v) is 8.64. The van der Waals surface area contributed by atoms with E-state index in [1.807, 2.05) is 0 Å². The first-order chi connectivity index (χ1) is 13.3. The average molecular weight is 391 g/mol. The first kappa shape index (κ1) is 18.1. The molecule has 3 N–H and O–H groups in total. The summed E-state index contributed by atoms with van der Waals surface area (Å²) in [5, 5.41) is 8.54. The number of anilines is 2. The van der Waals surface area contributed by atoms with Gasteiger partial charge in [0, 0.05) is 12.0 Å². The van der Waals surface area contributed by atoms with Crippen LogP contribution in [0.2, 0.25) is 0 Å². The Labute approximate surface area is 158 Å². The minimum atomic E-state index is -4.50. The van der Waals surface area contributed by atoms with Crippen LogP contribution in [0.25, 0.3) is 0 Å². The van der Waals surface area contributed by atoms with Crippen molar-refractivity contribution in [3.63, 3.8) is 0 Å². The summed E-state index contributed by atoms with van der Waals surface area (Å²) < 4.78 is 44.8. The molecule has 0 aliphatic carbocycles. The summed E-state index contributed by atoms with van der Waals surface area (Å²) >= 11 is 0. The van der Waals surface area contributed by atoms with Gasteiger partial charge in [-0.1, -0.05) is 24.3 Å². The number of cyclic esters (lactones) is 1. The number of carbonyl (C=O) groups excluding carboxylic acids is 2. The maximum Gasteiger partial charge on any atom is 0.416 e. The Kier molecular flexibility index (Phi) is 4.37. The standard InChI is InChI=1S/C19H16F3N3O3/c20-19(21,22)12-6-2-1-4-10(12)16-23-13-7-3-5-11(15(13)25-16)17(26)24-14-8-9-28-18(14)27/h1-7,14,16,23,25H,8-9H2,(H,24,26). The van der Waals surface area contributed by atoms with Gasteiger partial charge in [0.1, 0.15) is 12.2 Å². The molecule has 0 saturated carbocycles. The summed E-state index contributed by atoms with van der Waals surface area (Å²) in [6.45, 7) is 0.243. The van der Waals surface area contributed by atoms with Crippen molar-refractivity contribution >= 4 is 23.3 Å². The summed E-state index contributed by atoms with van der Waals surface area (Å²) in [5.41, 5.74) is 0.387. The van der Waals surface area contributed by atoms with E-state index < -0.39 is 35.8 Å². The molecular weight excluding hydrogens is 375 g/mol. The smallest absolute Gasteiger partial charge is 0.416 e. The molecule has 2 heterocycles. The molecule has 1 fully saturated rings. The molecule has 2 atom stereocenters. The average Bonchev–Trinajstić information content (AvgIpc) is 3.27. The zero-order valence-electron chi connectivity index (χ0n) is 14.5. The lowest BCUT2D eigenvalue weighted by atomic mass is 10.0. The molecule has 0 aromatic heterocycles. The lowest BCUT2D eigenvalue weighted by Crippen LogP contribution is -2.38. The molecule has 4 rings (SSSR count). The fraction of sp³-hybridized carbons (Fsp3) is 0.263. The van der Waals surface area contributed by atoms with Gasteiger partial charge in [0.05, 0.1) is 29.1 Å². The van der Waals surface area contributed by atoms with Gasteiger partial charge >= 0.3 is 12.1 Å². The topological polar surface area (TPSA) is 79.5 Å². The van der Waals surface area contributed by atoms with E-state index in [-0.39, 0.29) is 17.7 Å². The molecule has 1 saturated heterocycles. The number of nitrogens with one attached hydrogen (secondary N) is 3. The van der Waals surface area contributed by atoms with Crippen molar-refractivity contribution in [2.45, 2.75) is 24.8 Å². The van der Waals surface area contributed by atoms with Gasteiger partial charge in [-0.05, 0) is 18.2 Å². The van der Waals surface area contributed by atoms with Gasteiger partial charge < -0.3 is 20.7 Å². The van der Waals surface area contributed by atoms with Crippen molar-refractivity contribution in [1.82, 2.24) is 5.32 Å². The van der Waals surface area contributed by atoms with Gasteiger partial charge in [-0.15, -0.1) is 0 Å². The minimum absolute atomic E-state index is 0.0249. The maximum atomic E-state index is 13.3. The normalized spacial score (nSPS) is 20.8. The number of hydrogen-bond donors (Lipinski definition) is 3. The Hall–Kier alpha value is -3.23.